The lowest BCUT2D eigenvalue weighted by Crippen LogP contribution is -1.78. The van der Waals surface area contributed by atoms with Crippen LogP contribution in [0.15, 0.2) is 48.6 Å². The molecule has 0 aliphatic carbocycles. The van der Waals surface area contributed by atoms with Crippen LogP contribution in [0.2, 0.25) is 0 Å². The van der Waals surface area contributed by atoms with Gasteiger partial charge in [-0.1, -0.05) is 101 Å². The first-order chi connectivity index (χ1) is 12.4. The zero-order chi connectivity index (χ0) is 18.3. The number of hydrogen-bond donors (Lipinski definition) is 0. The summed E-state index contributed by atoms with van der Waals surface area (Å²) in [7, 11) is 0. The minimum Gasteiger partial charge on any atom is -0.0888 e. The highest BCUT2D eigenvalue weighted by atomic mass is 14.0. The van der Waals surface area contributed by atoms with E-state index in [2.05, 4.69) is 62.5 Å². The summed E-state index contributed by atoms with van der Waals surface area (Å²) in [5.41, 5.74) is 0. The van der Waals surface area contributed by atoms with E-state index in [1.807, 2.05) is 0 Å². The predicted octanol–water partition coefficient (Wildman–Crippen LogP) is 9.10. The highest BCUT2D eigenvalue weighted by molar-refractivity contribution is 5.03. The molecular formula is C25H44. The molecule has 0 heterocycles. The lowest BCUT2D eigenvalue weighted by molar-refractivity contribution is 0.592. The Hall–Kier alpha value is -1.04. The van der Waals surface area contributed by atoms with Crippen LogP contribution in [-0.4, -0.2) is 0 Å². The van der Waals surface area contributed by atoms with Gasteiger partial charge in [0.15, 0.2) is 0 Å². The topological polar surface area (TPSA) is 0 Å². The van der Waals surface area contributed by atoms with Gasteiger partial charge in [0.1, 0.15) is 0 Å². The molecule has 0 bridgehead atoms. The zero-order valence-electron chi connectivity index (χ0n) is 17.2. The molecule has 0 nitrogen and oxygen atoms in total. The average molecular weight is 345 g/mol. The van der Waals surface area contributed by atoms with Gasteiger partial charge in [0.2, 0.25) is 0 Å². The lowest BCUT2D eigenvalue weighted by Gasteiger charge is -1.98. The summed E-state index contributed by atoms with van der Waals surface area (Å²) in [6, 6.07) is 0. The molecule has 0 spiro atoms. The highest BCUT2D eigenvalue weighted by Gasteiger charge is 1.89. The molecule has 0 aliphatic rings. The van der Waals surface area contributed by atoms with E-state index in [9.17, 15) is 0 Å². The van der Waals surface area contributed by atoms with Crippen molar-refractivity contribution in [2.45, 2.75) is 110 Å². The molecule has 144 valence electrons. The van der Waals surface area contributed by atoms with Crippen molar-refractivity contribution in [1.29, 1.82) is 0 Å². The fourth-order valence-corrected chi connectivity index (χ4v) is 2.81. The van der Waals surface area contributed by atoms with Gasteiger partial charge in [0.25, 0.3) is 0 Å². The van der Waals surface area contributed by atoms with Gasteiger partial charge in [-0.3, -0.25) is 0 Å². The van der Waals surface area contributed by atoms with Crippen LogP contribution < -0.4 is 0 Å². The fraction of sp³-hybridized carbons (Fsp3) is 0.680. The van der Waals surface area contributed by atoms with Gasteiger partial charge in [0, 0.05) is 0 Å². The second kappa shape index (κ2) is 23.0. The maximum Gasteiger partial charge on any atom is -0.0313 e. The van der Waals surface area contributed by atoms with Crippen LogP contribution in [0.5, 0.6) is 0 Å². The van der Waals surface area contributed by atoms with Crippen molar-refractivity contribution in [1.82, 2.24) is 0 Å². The van der Waals surface area contributed by atoms with Gasteiger partial charge in [-0.25, -0.2) is 0 Å². The van der Waals surface area contributed by atoms with Crippen molar-refractivity contribution in [2.24, 2.45) is 0 Å². The molecule has 0 aliphatic heterocycles. The first kappa shape index (κ1) is 24.0. The van der Waals surface area contributed by atoms with E-state index < -0.39 is 0 Å². The molecule has 0 N–H and O–H groups in total. The Kier molecular flexibility index (Phi) is 22.0. The second-order valence-corrected chi connectivity index (χ2v) is 6.98. The molecule has 0 radical (unpaired) electrons. The largest absolute Gasteiger partial charge is 0.0888 e. The van der Waals surface area contributed by atoms with Crippen molar-refractivity contribution >= 4 is 0 Å². The fourth-order valence-electron chi connectivity index (χ4n) is 2.81. The molecule has 0 heteroatoms. The van der Waals surface area contributed by atoms with Gasteiger partial charge >= 0.3 is 0 Å². The Morgan fingerprint density at radius 1 is 0.400 bits per heavy atom. The summed E-state index contributed by atoms with van der Waals surface area (Å²) in [4.78, 5) is 0. The average Bonchev–Trinajstić information content (AvgIpc) is 2.63. The van der Waals surface area contributed by atoms with Gasteiger partial charge in [0.05, 0.1) is 0 Å². The summed E-state index contributed by atoms with van der Waals surface area (Å²) < 4.78 is 0. The summed E-state index contributed by atoms with van der Waals surface area (Å²) in [5, 5.41) is 0. The van der Waals surface area contributed by atoms with E-state index >= 15 is 0 Å². The van der Waals surface area contributed by atoms with Crippen LogP contribution in [-0.2, 0) is 0 Å². The van der Waals surface area contributed by atoms with Gasteiger partial charge in [-0.15, -0.1) is 0 Å². The molecular weight excluding hydrogens is 300 g/mol. The van der Waals surface area contributed by atoms with Gasteiger partial charge < -0.3 is 0 Å². The molecule has 0 fully saturated rings. The molecule has 0 amide bonds. The van der Waals surface area contributed by atoms with Crippen LogP contribution in [0.25, 0.3) is 0 Å². The summed E-state index contributed by atoms with van der Waals surface area (Å²) >= 11 is 0. The third kappa shape index (κ3) is 23.0. The zero-order valence-corrected chi connectivity index (χ0v) is 17.2. The quantitative estimate of drug-likeness (QED) is 0.132. The Morgan fingerprint density at radius 2 is 0.840 bits per heavy atom. The van der Waals surface area contributed by atoms with Crippen molar-refractivity contribution in [2.75, 3.05) is 0 Å². The maximum absolute atomic E-state index is 2.38. The van der Waals surface area contributed by atoms with Crippen molar-refractivity contribution in [3.8, 4) is 0 Å². The van der Waals surface area contributed by atoms with Crippen LogP contribution >= 0.6 is 0 Å². The first-order valence-electron chi connectivity index (χ1n) is 11.0. The van der Waals surface area contributed by atoms with E-state index in [-0.39, 0.29) is 0 Å². The van der Waals surface area contributed by atoms with Crippen molar-refractivity contribution in [3.63, 3.8) is 0 Å². The van der Waals surface area contributed by atoms with E-state index in [1.54, 1.807) is 0 Å². The molecule has 0 atom stereocenters. The smallest absolute Gasteiger partial charge is 0.0313 e. The normalized spacial score (nSPS) is 12.6. The minimum absolute atomic E-state index is 1.17. The summed E-state index contributed by atoms with van der Waals surface area (Å²) in [6.45, 7) is 4.47. The molecule has 0 aromatic rings. The Labute approximate surface area is 159 Å². The minimum atomic E-state index is 1.17. The molecule has 25 heavy (non-hydrogen) atoms. The first-order valence-corrected chi connectivity index (χ1v) is 11.0. The highest BCUT2D eigenvalue weighted by Crippen LogP contribution is 2.09. The molecule has 0 rings (SSSR count). The number of unbranched alkanes of at least 4 members (excludes halogenated alkanes) is 11. The van der Waals surface area contributed by atoms with Gasteiger partial charge in [-0.2, -0.15) is 0 Å². The molecule has 0 saturated heterocycles. The van der Waals surface area contributed by atoms with E-state index in [0.717, 1.165) is 0 Å². The van der Waals surface area contributed by atoms with Crippen molar-refractivity contribution in [3.05, 3.63) is 48.6 Å². The molecule has 0 aromatic heterocycles. The van der Waals surface area contributed by atoms with Crippen LogP contribution in [0.3, 0.4) is 0 Å². The third-order valence-electron chi connectivity index (χ3n) is 4.42. The maximum atomic E-state index is 2.38. The molecule has 0 unspecified atom stereocenters. The van der Waals surface area contributed by atoms with Crippen LogP contribution in [0, 0.1) is 0 Å². The number of hydrogen-bond acceptors (Lipinski definition) is 0. The molecule has 0 aromatic carbocycles. The third-order valence-corrected chi connectivity index (χ3v) is 4.42. The lowest BCUT2D eigenvalue weighted by atomic mass is 10.1. The van der Waals surface area contributed by atoms with Gasteiger partial charge in [-0.05, 0) is 57.8 Å². The summed E-state index contributed by atoms with van der Waals surface area (Å²) in [5.74, 6) is 0. The van der Waals surface area contributed by atoms with Crippen LogP contribution in [0.1, 0.15) is 110 Å². The predicted molar refractivity (Wildman–Crippen MR) is 117 cm³/mol. The number of allylic oxidation sites excluding steroid dienone is 8. The molecule has 0 saturated carbocycles. The van der Waals surface area contributed by atoms with E-state index in [4.69, 9.17) is 0 Å². The van der Waals surface area contributed by atoms with Crippen LogP contribution in [0.4, 0.5) is 0 Å². The second-order valence-electron chi connectivity index (χ2n) is 6.98. The monoisotopic (exact) mass is 344 g/mol. The van der Waals surface area contributed by atoms with Crippen molar-refractivity contribution < 1.29 is 0 Å². The number of rotatable bonds is 18. The Balaban J connectivity index is 3.28. The van der Waals surface area contributed by atoms with E-state index in [1.165, 1.54) is 96.3 Å². The summed E-state index contributed by atoms with van der Waals surface area (Å²) in [6.07, 6.45) is 38.0. The Bertz CT molecular complexity index is 343. The van der Waals surface area contributed by atoms with E-state index in [0.29, 0.717) is 0 Å². The standard InChI is InChI=1S/C25H44/c1-3-5-7-9-11-13-15-17-19-21-23-25-24-22-20-18-16-14-12-10-8-6-4-2/h5,7,17,19-23H,3-4,6,8-16,18,24-25H2,1-2H3. The Morgan fingerprint density at radius 3 is 1.52 bits per heavy atom. The SMILES string of the molecule is CCC=CCCCCC=CC=CCCC=CCCCCCCCCC.